The SMILES string of the molecule is COc1cccc(O)c1C1C2=CCC3C(=O)N(c4ccc(C(C)=O)cc4)C(=O)C3C2CC2C(=O)N(c3ccccc3)C(=O)C21C. The van der Waals surface area contributed by atoms with Crippen LogP contribution in [0.25, 0.3) is 0 Å². The minimum absolute atomic E-state index is 0.0811. The van der Waals surface area contributed by atoms with Crippen LogP contribution in [0.5, 0.6) is 11.5 Å². The number of aromatic hydroxyl groups is 1. The van der Waals surface area contributed by atoms with Crippen LogP contribution in [0.1, 0.15) is 48.5 Å². The number of amides is 4. The van der Waals surface area contributed by atoms with Crippen LogP contribution in [0.2, 0.25) is 0 Å². The van der Waals surface area contributed by atoms with Crippen molar-refractivity contribution in [1.29, 1.82) is 0 Å². The molecule has 45 heavy (non-hydrogen) atoms. The molecule has 3 fully saturated rings. The summed E-state index contributed by atoms with van der Waals surface area (Å²) in [5.41, 5.74) is 1.13. The number of nitrogens with zero attached hydrogens (tertiary/aromatic N) is 2. The number of benzene rings is 3. The predicted octanol–water partition coefficient (Wildman–Crippen LogP) is 5.04. The molecular weight excluding hydrogens is 572 g/mol. The van der Waals surface area contributed by atoms with E-state index in [4.69, 9.17) is 4.74 Å². The number of fused-ring (bicyclic) bond motifs is 4. The number of imide groups is 2. The highest BCUT2D eigenvalue weighted by Crippen LogP contribution is 2.65. The molecule has 6 atom stereocenters. The smallest absolute Gasteiger partial charge is 0.241 e. The van der Waals surface area contributed by atoms with Crippen LogP contribution in [0.3, 0.4) is 0 Å². The van der Waals surface area contributed by atoms with E-state index < -0.39 is 35.0 Å². The Morgan fingerprint density at radius 3 is 2.20 bits per heavy atom. The average Bonchev–Trinajstić information content (AvgIpc) is 3.41. The summed E-state index contributed by atoms with van der Waals surface area (Å²) in [7, 11) is 1.48. The fourth-order valence-corrected chi connectivity index (χ4v) is 8.25. The van der Waals surface area contributed by atoms with Crippen molar-refractivity contribution in [3.8, 4) is 11.5 Å². The van der Waals surface area contributed by atoms with E-state index in [2.05, 4.69) is 0 Å². The Bertz CT molecular complexity index is 1810. The molecule has 2 aliphatic heterocycles. The van der Waals surface area contributed by atoms with E-state index in [1.807, 2.05) is 6.08 Å². The first kappa shape index (κ1) is 28.7. The van der Waals surface area contributed by atoms with Crippen LogP contribution in [-0.2, 0) is 19.2 Å². The standard InChI is InChI=1S/C36H32N2O7/c1-19(39)20-12-14-22(15-13-20)37-32(41)24-17-16-23-25(29(24)34(37)43)18-26-33(42)38(21-8-5-4-6-9-21)35(44)36(26,2)31(23)30-27(40)10-7-11-28(30)45-3/h4-16,24-26,29,31,40H,17-18H2,1-3H3. The van der Waals surface area contributed by atoms with Crippen LogP contribution < -0.4 is 14.5 Å². The van der Waals surface area contributed by atoms with E-state index in [0.29, 0.717) is 28.3 Å². The van der Waals surface area contributed by atoms with Crippen molar-refractivity contribution in [3.05, 3.63) is 95.6 Å². The van der Waals surface area contributed by atoms with Gasteiger partial charge in [-0.1, -0.05) is 35.9 Å². The highest BCUT2D eigenvalue weighted by Gasteiger charge is 2.68. The Hall–Kier alpha value is -5.05. The topological polar surface area (TPSA) is 121 Å². The van der Waals surface area contributed by atoms with E-state index in [-0.39, 0.29) is 48.0 Å². The van der Waals surface area contributed by atoms with Crippen molar-refractivity contribution < 1.29 is 33.8 Å². The summed E-state index contributed by atoms with van der Waals surface area (Å²) in [5.74, 6) is -4.88. The van der Waals surface area contributed by atoms with Crippen molar-refractivity contribution in [1.82, 2.24) is 0 Å². The maximum absolute atomic E-state index is 14.5. The number of methoxy groups -OCH3 is 1. The maximum atomic E-state index is 14.5. The Kier molecular flexibility index (Phi) is 6.54. The zero-order valence-electron chi connectivity index (χ0n) is 25.1. The summed E-state index contributed by atoms with van der Waals surface area (Å²) in [4.78, 5) is 71.1. The average molecular weight is 605 g/mol. The Morgan fingerprint density at radius 2 is 1.53 bits per heavy atom. The number of ketones is 1. The van der Waals surface area contributed by atoms with Crippen molar-refractivity contribution in [2.75, 3.05) is 16.9 Å². The summed E-state index contributed by atoms with van der Waals surface area (Å²) >= 11 is 0. The molecule has 6 unspecified atom stereocenters. The van der Waals surface area contributed by atoms with Gasteiger partial charge in [-0.25, -0.2) is 4.90 Å². The number of carbonyl (C=O) groups excluding carboxylic acids is 5. The quantitative estimate of drug-likeness (QED) is 0.246. The normalized spacial score (nSPS) is 28.9. The summed E-state index contributed by atoms with van der Waals surface area (Å²) in [6, 6.07) is 20.0. The third-order valence-electron chi connectivity index (χ3n) is 10.4. The zero-order chi connectivity index (χ0) is 31.8. The van der Waals surface area contributed by atoms with Gasteiger partial charge in [0.2, 0.25) is 23.6 Å². The van der Waals surface area contributed by atoms with Gasteiger partial charge in [0.25, 0.3) is 0 Å². The third kappa shape index (κ3) is 3.96. The van der Waals surface area contributed by atoms with E-state index in [1.54, 1.807) is 73.7 Å². The number of hydrogen-bond donors (Lipinski definition) is 1. The Morgan fingerprint density at radius 1 is 0.844 bits per heavy atom. The zero-order valence-corrected chi connectivity index (χ0v) is 25.1. The monoisotopic (exact) mass is 604 g/mol. The number of carbonyl (C=O) groups is 5. The largest absolute Gasteiger partial charge is 0.508 e. The second-order valence-corrected chi connectivity index (χ2v) is 12.5. The number of allylic oxidation sites excluding steroid dienone is 2. The summed E-state index contributed by atoms with van der Waals surface area (Å²) < 4.78 is 5.70. The fourth-order valence-electron chi connectivity index (χ4n) is 8.25. The Balaban J connectivity index is 1.37. The Labute approximate surface area is 260 Å². The molecule has 0 spiro atoms. The number of ether oxygens (including phenoxy) is 1. The highest BCUT2D eigenvalue weighted by atomic mass is 16.5. The van der Waals surface area contributed by atoms with Crippen LogP contribution in [-0.4, -0.2) is 41.6 Å². The van der Waals surface area contributed by atoms with Crippen LogP contribution in [0.4, 0.5) is 11.4 Å². The van der Waals surface area contributed by atoms with Gasteiger partial charge in [0.15, 0.2) is 5.78 Å². The van der Waals surface area contributed by atoms with E-state index in [1.165, 1.54) is 29.9 Å². The van der Waals surface area contributed by atoms with Crippen molar-refractivity contribution >= 4 is 40.8 Å². The molecule has 3 aromatic rings. The molecule has 7 rings (SSSR count). The van der Waals surface area contributed by atoms with Crippen molar-refractivity contribution in [2.45, 2.75) is 32.6 Å². The van der Waals surface area contributed by atoms with Crippen LogP contribution in [0.15, 0.2) is 84.4 Å². The van der Waals surface area contributed by atoms with Gasteiger partial charge in [-0.2, -0.15) is 0 Å². The highest BCUT2D eigenvalue weighted by molar-refractivity contribution is 6.25. The molecule has 2 aliphatic carbocycles. The first-order valence-electron chi connectivity index (χ1n) is 15.1. The molecule has 2 saturated heterocycles. The van der Waals surface area contributed by atoms with Crippen LogP contribution in [0, 0.1) is 29.1 Å². The number of Topliss-reactive ketones (excluding diaryl/α,β-unsaturated/α-hetero) is 1. The van der Waals surface area contributed by atoms with Crippen molar-refractivity contribution in [3.63, 3.8) is 0 Å². The minimum atomic E-state index is -1.30. The van der Waals surface area contributed by atoms with Gasteiger partial charge in [0, 0.05) is 17.0 Å². The van der Waals surface area contributed by atoms with Gasteiger partial charge in [-0.15, -0.1) is 0 Å². The lowest BCUT2D eigenvalue weighted by Gasteiger charge is -2.49. The molecule has 9 heteroatoms. The molecule has 0 radical (unpaired) electrons. The summed E-state index contributed by atoms with van der Waals surface area (Å²) in [6.45, 7) is 3.22. The number of para-hydroxylation sites is 1. The number of anilines is 2. The molecule has 228 valence electrons. The van der Waals surface area contributed by atoms with E-state index >= 15 is 0 Å². The molecule has 0 aromatic heterocycles. The molecule has 4 amide bonds. The second-order valence-electron chi connectivity index (χ2n) is 12.5. The van der Waals surface area contributed by atoms with Gasteiger partial charge in [-0.05, 0) is 81.1 Å². The van der Waals surface area contributed by atoms with Gasteiger partial charge in [0.1, 0.15) is 11.5 Å². The molecule has 1 N–H and O–H groups in total. The lowest BCUT2D eigenvalue weighted by atomic mass is 9.51. The van der Waals surface area contributed by atoms with Gasteiger partial charge < -0.3 is 9.84 Å². The van der Waals surface area contributed by atoms with E-state index in [9.17, 15) is 29.1 Å². The molecule has 3 aromatic carbocycles. The van der Waals surface area contributed by atoms with Gasteiger partial charge in [0.05, 0.1) is 41.7 Å². The lowest BCUT2D eigenvalue weighted by molar-refractivity contribution is -0.131. The first-order chi connectivity index (χ1) is 21.6. The predicted molar refractivity (Wildman–Crippen MR) is 165 cm³/mol. The molecule has 4 aliphatic rings. The van der Waals surface area contributed by atoms with Gasteiger partial charge in [-0.3, -0.25) is 28.9 Å². The number of phenols is 1. The van der Waals surface area contributed by atoms with Crippen molar-refractivity contribution in [2.24, 2.45) is 29.1 Å². The first-order valence-corrected chi connectivity index (χ1v) is 15.1. The molecule has 2 heterocycles. The minimum Gasteiger partial charge on any atom is -0.508 e. The summed E-state index contributed by atoms with van der Waals surface area (Å²) in [5, 5.41) is 11.3. The molecular formula is C36H32N2O7. The molecule has 9 nitrogen and oxygen atoms in total. The molecule has 0 bridgehead atoms. The van der Waals surface area contributed by atoms with Gasteiger partial charge >= 0.3 is 0 Å². The number of hydrogen-bond acceptors (Lipinski definition) is 7. The maximum Gasteiger partial charge on any atom is 0.241 e. The lowest BCUT2D eigenvalue weighted by Crippen LogP contribution is -2.49. The number of phenolic OH excluding ortho intramolecular Hbond substituents is 1. The van der Waals surface area contributed by atoms with Crippen LogP contribution >= 0.6 is 0 Å². The second kappa shape index (κ2) is 10.3. The fraction of sp³-hybridized carbons (Fsp3) is 0.306. The third-order valence-corrected chi connectivity index (χ3v) is 10.4. The molecule has 1 saturated carbocycles. The summed E-state index contributed by atoms with van der Waals surface area (Å²) in [6.07, 6.45) is 2.39. The van der Waals surface area contributed by atoms with E-state index in [0.717, 1.165) is 5.57 Å². The number of rotatable bonds is 5.